The van der Waals surface area contributed by atoms with Gasteiger partial charge in [0.25, 0.3) is 0 Å². The van der Waals surface area contributed by atoms with E-state index in [1.54, 1.807) is 12.4 Å². The summed E-state index contributed by atoms with van der Waals surface area (Å²) in [6.07, 6.45) is 4.56. The number of carboxylic acids is 1. The number of carboxylic acid groups (broad SMARTS) is 1. The molecule has 5 nitrogen and oxygen atoms in total. The first-order valence-electron chi connectivity index (χ1n) is 7.26. The molecule has 5 heteroatoms. The molecule has 116 valence electrons. The topological polar surface area (TPSA) is 85.4 Å². The minimum atomic E-state index is -1.02. The molecule has 1 aromatic carbocycles. The molecular weight excluding hydrogens is 280 g/mol. The molecule has 0 saturated heterocycles. The Labute approximate surface area is 129 Å². The number of nitrogens with zero attached hydrogens (tertiary/aromatic N) is 1. The molecular formula is C17H20N2O3. The number of hydrogen-bond donors (Lipinski definition) is 2. The number of ether oxygens (including phenoxy) is 1. The molecule has 2 aromatic rings. The van der Waals surface area contributed by atoms with Crippen LogP contribution in [0.3, 0.4) is 0 Å². The summed E-state index contributed by atoms with van der Waals surface area (Å²) < 4.78 is 5.56. The first kappa shape index (κ1) is 16.0. The van der Waals surface area contributed by atoms with Gasteiger partial charge in [-0.1, -0.05) is 19.1 Å². The average molecular weight is 300 g/mol. The lowest BCUT2D eigenvalue weighted by atomic mass is 9.97. The number of benzene rings is 1. The molecule has 0 saturated carbocycles. The first-order valence-corrected chi connectivity index (χ1v) is 7.26. The third kappa shape index (κ3) is 4.05. The van der Waals surface area contributed by atoms with Gasteiger partial charge in [-0.3, -0.25) is 9.78 Å². The molecule has 1 atom stereocenters. The van der Waals surface area contributed by atoms with Crippen molar-refractivity contribution in [3.8, 4) is 16.9 Å². The predicted molar refractivity (Wildman–Crippen MR) is 84.8 cm³/mol. The highest BCUT2D eigenvalue weighted by Gasteiger charge is 2.15. The molecule has 0 aliphatic carbocycles. The number of hydrogen-bond acceptors (Lipinski definition) is 4. The Balaban J connectivity index is 2.23. The second-order valence-corrected chi connectivity index (χ2v) is 5.05. The second kappa shape index (κ2) is 7.56. The van der Waals surface area contributed by atoms with E-state index >= 15 is 0 Å². The lowest BCUT2D eigenvalue weighted by Gasteiger charge is -2.12. The Hall–Kier alpha value is -2.40. The van der Waals surface area contributed by atoms with Crippen molar-refractivity contribution in [2.75, 3.05) is 6.61 Å². The van der Waals surface area contributed by atoms with Crippen molar-refractivity contribution in [2.45, 2.75) is 25.8 Å². The molecule has 1 heterocycles. The van der Waals surface area contributed by atoms with E-state index in [1.165, 1.54) is 0 Å². The number of nitrogens with two attached hydrogens (primary N) is 1. The number of aliphatic carboxylic acids is 1. The Kier molecular flexibility index (Phi) is 5.49. The van der Waals surface area contributed by atoms with Gasteiger partial charge in [-0.25, -0.2) is 0 Å². The van der Waals surface area contributed by atoms with Crippen LogP contribution in [0, 0.1) is 0 Å². The van der Waals surface area contributed by atoms with Gasteiger partial charge in [-0.05, 0) is 41.3 Å². The van der Waals surface area contributed by atoms with E-state index in [0.717, 1.165) is 28.9 Å². The van der Waals surface area contributed by atoms with E-state index in [9.17, 15) is 4.79 Å². The zero-order valence-electron chi connectivity index (χ0n) is 12.5. The summed E-state index contributed by atoms with van der Waals surface area (Å²) in [7, 11) is 0. The van der Waals surface area contributed by atoms with Crippen molar-refractivity contribution in [3.63, 3.8) is 0 Å². The SMILES string of the molecule is CCCOc1ccc(-c2ccncc2CC(N)C(=O)O)cc1. The maximum atomic E-state index is 10.9. The highest BCUT2D eigenvalue weighted by atomic mass is 16.5. The fourth-order valence-corrected chi connectivity index (χ4v) is 2.15. The van der Waals surface area contributed by atoms with Crippen LogP contribution in [0.4, 0.5) is 0 Å². The summed E-state index contributed by atoms with van der Waals surface area (Å²) in [5, 5.41) is 8.96. The predicted octanol–water partition coefficient (Wildman–Crippen LogP) is 2.49. The van der Waals surface area contributed by atoms with Crippen LogP contribution in [0.15, 0.2) is 42.7 Å². The monoisotopic (exact) mass is 300 g/mol. The average Bonchev–Trinajstić information content (AvgIpc) is 2.54. The molecule has 0 amide bonds. The summed E-state index contributed by atoms with van der Waals surface area (Å²) in [5.74, 6) is -0.193. The zero-order valence-corrected chi connectivity index (χ0v) is 12.5. The summed E-state index contributed by atoms with van der Waals surface area (Å²) in [4.78, 5) is 15.0. The molecule has 0 aliphatic rings. The van der Waals surface area contributed by atoms with Gasteiger partial charge in [0.2, 0.25) is 0 Å². The van der Waals surface area contributed by atoms with Crippen LogP contribution < -0.4 is 10.5 Å². The van der Waals surface area contributed by atoms with E-state index in [0.29, 0.717) is 6.61 Å². The minimum Gasteiger partial charge on any atom is -0.494 e. The van der Waals surface area contributed by atoms with Crippen LogP contribution >= 0.6 is 0 Å². The highest BCUT2D eigenvalue weighted by molar-refractivity contribution is 5.75. The molecule has 1 unspecified atom stereocenters. The fourth-order valence-electron chi connectivity index (χ4n) is 2.15. The van der Waals surface area contributed by atoms with Crippen molar-refractivity contribution in [1.82, 2.24) is 4.98 Å². The third-order valence-electron chi connectivity index (χ3n) is 3.30. The van der Waals surface area contributed by atoms with Crippen LogP contribution in [-0.2, 0) is 11.2 Å². The highest BCUT2D eigenvalue weighted by Crippen LogP contribution is 2.26. The van der Waals surface area contributed by atoms with Crippen molar-refractivity contribution in [2.24, 2.45) is 5.73 Å². The zero-order chi connectivity index (χ0) is 15.9. The molecule has 0 fully saturated rings. The maximum absolute atomic E-state index is 10.9. The normalized spacial score (nSPS) is 11.9. The third-order valence-corrected chi connectivity index (χ3v) is 3.30. The van der Waals surface area contributed by atoms with Gasteiger partial charge >= 0.3 is 5.97 Å². The number of pyridine rings is 1. The summed E-state index contributed by atoms with van der Waals surface area (Å²) in [6.45, 7) is 2.75. The van der Waals surface area contributed by atoms with E-state index < -0.39 is 12.0 Å². The van der Waals surface area contributed by atoms with Gasteiger partial charge in [0.05, 0.1) is 6.61 Å². The Morgan fingerprint density at radius 3 is 2.68 bits per heavy atom. The standard InChI is InChI=1S/C17H20N2O3/c1-2-9-22-14-5-3-12(4-6-14)15-7-8-19-11-13(15)10-16(18)17(20)21/h3-8,11,16H,2,9-10,18H2,1H3,(H,20,21). The molecule has 22 heavy (non-hydrogen) atoms. The molecule has 2 rings (SSSR count). The molecule has 0 aliphatic heterocycles. The Bertz CT molecular complexity index is 626. The quantitative estimate of drug-likeness (QED) is 0.820. The second-order valence-electron chi connectivity index (χ2n) is 5.05. The van der Waals surface area contributed by atoms with Gasteiger partial charge in [-0.2, -0.15) is 0 Å². The van der Waals surface area contributed by atoms with Crippen molar-refractivity contribution >= 4 is 5.97 Å². The maximum Gasteiger partial charge on any atom is 0.320 e. The number of aromatic nitrogens is 1. The van der Waals surface area contributed by atoms with Gasteiger partial charge < -0.3 is 15.6 Å². The van der Waals surface area contributed by atoms with Gasteiger partial charge in [-0.15, -0.1) is 0 Å². The van der Waals surface area contributed by atoms with Crippen LogP contribution in [0.25, 0.3) is 11.1 Å². The lowest BCUT2D eigenvalue weighted by Crippen LogP contribution is -2.32. The van der Waals surface area contributed by atoms with E-state index in [4.69, 9.17) is 15.6 Å². The van der Waals surface area contributed by atoms with Gasteiger partial charge in [0.1, 0.15) is 11.8 Å². The van der Waals surface area contributed by atoms with E-state index in [2.05, 4.69) is 11.9 Å². The van der Waals surface area contributed by atoms with Crippen LogP contribution in [0.1, 0.15) is 18.9 Å². The first-order chi connectivity index (χ1) is 10.6. The lowest BCUT2D eigenvalue weighted by molar-refractivity contribution is -0.138. The molecule has 0 radical (unpaired) electrons. The molecule has 1 aromatic heterocycles. The summed E-state index contributed by atoms with van der Waals surface area (Å²) >= 11 is 0. The van der Waals surface area contributed by atoms with Crippen LogP contribution in [-0.4, -0.2) is 28.7 Å². The number of rotatable bonds is 7. The van der Waals surface area contributed by atoms with Crippen molar-refractivity contribution in [3.05, 3.63) is 48.3 Å². The number of carbonyl (C=O) groups is 1. The molecule has 0 spiro atoms. The minimum absolute atomic E-state index is 0.243. The van der Waals surface area contributed by atoms with Crippen molar-refractivity contribution in [1.29, 1.82) is 0 Å². The molecule has 0 bridgehead atoms. The largest absolute Gasteiger partial charge is 0.494 e. The Morgan fingerprint density at radius 1 is 1.32 bits per heavy atom. The van der Waals surface area contributed by atoms with Crippen LogP contribution in [0.5, 0.6) is 5.75 Å². The Morgan fingerprint density at radius 2 is 2.05 bits per heavy atom. The fraction of sp³-hybridized carbons (Fsp3) is 0.294. The van der Waals surface area contributed by atoms with Gasteiger partial charge in [0.15, 0.2) is 0 Å². The van der Waals surface area contributed by atoms with Crippen molar-refractivity contribution < 1.29 is 14.6 Å². The summed E-state index contributed by atoms with van der Waals surface area (Å²) in [5.41, 5.74) is 8.37. The van der Waals surface area contributed by atoms with E-state index in [1.807, 2.05) is 30.3 Å². The van der Waals surface area contributed by atoms with Gasteiger partial charge in [0, 0.05) is 18.8 Å². The van der Waals surface area contributed by atoms with E-state index in [-0.39, 0.29) is 6.42 Å². The molecule has 3 N–H and O–H groups in total. The van der Waals surface area contributed by atoms with Crippen LogP contribution in [0.2, 0.25) is 0 Å². The smallest absolute Gasteiger partial charge is 0.320 e. The summed E-state index contributed by atoms with van der Waals surface area (Å²) in [6, 6.07) is 8.66.